The van der Waals surface area contributed by atoms with Crippen molar-refractivity contribution < 1.29 is 23.9 Å². The quantitative estimate of drug-likeness (QED) is 0.606. The van der Waals surface area contributed by atoms with E-state index in [9.17, 15) is 14.4 Å². The largest absolute Gasteiger partial charge is 0.496 e. The third kappa shape index (κ3) is 5.95. The molecule has 1 fully saturated rings. The zero-order valence-corrected chi connectivity index (χ0v) is 17.6. The third-order valence-corrected chi connectivity index (χ3v) is 5.14. The van der Waals surface area contributed by atoms with Crippen molar-refractivity contribution in [3.63, 3.8) is 0 Å². The van der Waals surface area contributed by atoms with E-state index in [1.807, 2.05) is 31.2 Å². The number of unbranched alkanes of at least 4 members (excludes halogenated alkanes) is 1. The van der Waals surface area contributed by atoms with Gasteiger partial charge < -0.3 is 19.7 Å². The van der Waals surface area contributed by atoms with Crippen LogP contribution in [-0.4, -0.2) is 49.5 Å². The van der Waals surface area contributed by atoms with E-state index in [-0.39, 0.29) is 24.8 Å². The number of benzene rings is 1. The lowest BCUT2D eigenvalue weighted by Crippen LogP contribution is -2.46. The summed E-state index contributed by atoms with van der Waals surface area (Å²) in [5.74, 6) is -0.656. The SMILES string of the molecule is CCCCN1C(=O)CC[C@@H](C(=O)OCC(=O)NCCC)[C@H]1c1ccccc1OC. The van der Waals surface area contributed by atoms with Gasteiger partial charge in [-0.05, 0) is 25.3 Å². The average Bonchev–Trinajstić information content (AvgIpc) is 2.74. The van der Waals surface area contributed by atoms with Gasteiger partial charge in [-0.2, -0.15) is 0 Å². The lowest BCUT2D eigenvalue weighted by Gasteiger charge is -2.40. The zero-order valence-electron chi connectivity index (χ0n) is 17.6. The first-order valence-electron chi connectivity index (χ1n) is 10.4. The summed E-state index contributed by atoms with van der Waals surface area (Å²) < 4.78 is 10.8. The Morgan fingerprint density at radius 3 is 2.66 bits per heavy atom. The van der Waals surface area contributed by atoms with Crippen molar-refractivity contribution in [2.24, 2.45) is 5.92 Å². The van der Waals surface area contributed by atoms with Crippen LogP contribution in [0.25, 0.3) is 0 Å². The standard InChI is InChI=1S/C22H32N2O5/c1-4-6-14-24-20(26)12-11-17(22(27)29-15-19(25)23-13-5-2)21(24)16-9-7-8-10-18(16)28-3/h7-10,17,21H,4-6,11-15H2,1-3H3,(H,23,25)/t17-,21-/m1/s1. The number of rotatable bonds is 10. The van der Waals surface area contributed by atoms with E-state index in [0.29, 0.717) is 25.3 Å². The van der Waals surface area contributed by atoms with Gasteiger partial charge in [-0.15, -0.1) is 0 Å². The molecule has 2 amide bonds. The lowest BCUT2D eigenvalue weighted by atomic mass is 9.83. The summed E-state index contributed by atoms with van der Waals surface area (Å²) in [5, 5.41) is 2.69. The minimum Gasteiger partial charge on any atom is -0.496 e. The van der Waals surface area contributed by atoms with Crippen molar-refractivity contribution in [2.75, 3.05) is 26.8 Å². The Morgan fingerprint density at radius 1 is 1.21 bits per heavy atom. The fourth-order valence-electron chi connectivity index (χ4n) is 3.65. The summed E-state index contributed by atoms with van der Waals surface area (Å²) in [6.07, 6.45) is 3.27. The van der Waals surface area contributed by atoms with E-state index in [2.05, 4.69) is 12.2 Å². The van der Waals surface area contributed by atoms with Crippen LogP contribution in [-0.2, 0) is 19.1 Å². The van der Waals surface area contributed by atoms with Gasteiger partial charge in [-0.1, -0.05) is 38.5 Å². The van der Waals surface area contributed by atoms with E-state index in [4.69, 9.17) is 9.47 Å². The summed E-state index contributed by atoms with van der Waals surface area (Å²) in [6.45, 7) is 4.82. The lowest BCUT2D eigenvalue weighted by molar-refractivity contribution is -0.160. The number of hydrogen-bond acceptors (Lipinski definition) is 5. The maximum Gasteiger partial charge on any atom is 0.311 e. The first kappa shape index (κ1) is 22.7. The van der Waals surface area contributed by atoms with Crippen LogP contribution in [0.15, 0.2) is 24.3 Å². The Balaban J connectivity index is 2.26. The summed E-state index contributed by atoms with van der Waals surface area (Å²) in [5.41, 5.74) is 0.788. The van der Waals surface area contributed by atoms with Crippen LogP contribution in [0, 0.1) is 5.92 Å². The number of likely N-dealkylation sites (tertiary alicyclic amines) is 1. The van der Waals surface area contributed by atoms with E-state index >= 15 is 0 Å². The van der Waals surface area contributed by atoms with Gasteiger partial charge in [0.05, 0.1) is 19.1 Å². The van der Waals surface area contributed by atoms with Gasteiger partial charge in [0.15, 0.2) is 6.61 Å². The molecule has 160 valence electrons. The number of ether oxygens (including phenoxy) is 2. The van der Waals surface area contributed by atoms with Crippen LogP contribution in [0.1, 0.15) is 57.6 Å². The van der Waals surface area contributed by atoms with Gasteiger partial charge in [0.25, 0.3) is 5.91 Å². The molecule has 1 N–H and O–H groups in total. The third-order valence-electron chi connectivity index (χ3n) is 5.14. The molecule has 0 saturated carbocycles. The molecule has 1 aliphatic heterocycles. The Labute approximate surface area is 172 Å². The highest BCUT2D eigenvalue weighted by Gasteiger charge is 2.42. The summed E-state index contributed by atoms with van der Waals surface area (Å²) in [6, 6.07) is 6.97. The number of carbonyl (C=O) groups is 3. The molecule has 7 heteroatoms. The molecule has 1 aromatic rings. The Hall–Kier alpha value is -2.57. The minimum atomic E-state index is -0.542. The maximum atomic E-state index is 12.9. The Bertz CT molecular complexity index is 706. The number of nitrogens with one attached hydrogen (secondary N) is 1. The molecule has 1 aliphatic rings. The molecule has 0 spiro atoms. The molecule has 0 radical (unpaired) electrons. The molecule has 0 aliphatic carbocycles. The van der Waals surface area contributed by atoms with Crippen molar-refractivity contribution in [1.29, 1.82) is 0 Å². The molecule has 0 aromatic heterocycles. The number of hydrogen-bond donors (Lipinski definition) is 1. The number of amides is 2. The molecule has 29 heavy (non-hydrogen) atoms. The van der Waals surface area contributed by atoms with Gasteiger partial charge in [-0.25, -0.2) is 0 Å². The van der Waals surface area contributed by atoms with Crippen LogP contribution < -0.4 is 10.1 Å². The van der Waals surface area contributed by atoms with Crippen molar-refractivity contribution in [3.8, 4) is 5.75 Å². The zero-order chi connectivity index (χ0) is 21.2. The minimum absolute atomic E-state index is 0.0269. The monoisotopic (exact) mass is 404 g/mol. The predicted molar refractivity (Wildman–Crippen MR) is 109 cm³/mol. The fourth-order valence-corrected chi connectivity index (χ4v) is 3.65. The second-order valence-corrected chi connectivity index (χ2v) is 7.23. The normalized spacial score (nSPS) is 19.0. The smallest absolute Gasteiger partial charge is 0.311 e. The van der Waals surface area contributed by atoms with Crippen molar-refractivity contribution in [1.82, 2.24) is 10.2 Å². The molecular formula is C22H32N2O5. The number of carbonyl (C=O) groups excluding carboxylic acids is 3. The van der Waals surface area contributed by atoms with Gasteiger partial charge in [0, 0.05) is 25.1 Å². The molecule has 2 rings (SSSR count). The summed E-state index contributed by atoms with van der Waals surface area (Å²) in [4.78, 5) is 39.2. The molecule has 1 heterocycles. The summed E-state index contributed by atoms with van der Waals surface area (Å²) >= 11 is 0. The Kier molecular flexibility index (Phi) is 8.96. The highest BCUT2D eigenvalue weighted by molar-refractivity contribution is 5.84. The number of esters is 1. The van der Waals surface area contributed by atoms with Crippen LogP contribution >= 0.6 is 0 Å². The molecule has 1 aromatic carbocycles. The second kappa shape index (κ2) is 11.4. The number of piperidine rings is 1. The highest BCUT2D eigenvalue weighted by atomic mass is 16.5. The first-order chi connectivity index (χ1) is 14.0. The van der Waals surface area contributed by atoms with Crippen molar-refractivity contribution in [2.45, 2.75) is 52.0 Å². The van der Waals surface area contributed by atoms with E-state index in [0.717, 1.165) is 24.8 Å². The second-order valence-electron chi connectivity index (χ2n) is 7.23. The highest BCUT2D eigenvalue weighted by Crippen LogP contribution is 2.41. The van der Waals surface area contributed by atoms with Crippen LogP contribution in [0.4, 0.5) is 0 Å². The van der Waals surface area contributed by atoms with Gasteiger partial charge in [0.2, 0.25) is 5.91 Å². The molecule has 1 saturated heterocycles. The van der Waals surface area contributed by atoms with Crippen LogP contribution in [0.2, 0.25) is 0 Å². The number of methoxy groups -OCH3 is 1. The average molecular weight is 405 g/mol. The molecule has 0 unspecified atom stereocenters. The van der Waals surface area contributed by atoms with Gasteiger partial charge in [0.1, 0.15) is 5.75 Å². The van der Waals surface area contributed by atoms with E-state index < -0.39 is 17.9 Å². The van der Waals surface area contributed by atoms with Crippen LogP contribution in [0.5, 0.6) is 5.75 Å². The fraction of sp³-hybridized carbons (Fsp3) is 0.591. The van der Waals surface area contributed by atoms with E-state index in [1.54, 1.807) is 12.0 Å². The predicted octanol–water partition coefficient (Wildman–Crippen LogP) is 2.84. The van der Waals surface area contributed by atoms with Gasteiger partial charge >= 0.3 is 5.97 Å². The van der Waals surface area contributed by atoms with Crippen molar-refractivity contribution in [3.05, 3.63) is 29.8 Å². The van der Waals surface area contributed by atoms with E-state index in [1.165, 1.54) is 0 Å². The van der Waals surface area contributed by atoms with Gasteiger partial charge in [-0.3, -0.25) is 14.4 Å². The molecule has 2 atom stereocenters. The van der Waals surface area contributed by atoms with Crippen LogP contribution in [0.3, 0.4) is 0 Å². The first-order valence-corrected chi connectivity index (χ1v) is 10.4. The summed E-state index contributed by atoms with van der Waals surface area (Å²) in [7, 11) is 1.57. The Morgan fingerprint density at radius 2 is 1.97 bits per heavy atom. The molecule has 7 nitrogen and oxygen atoms in total. The maximum absolute atomic E-state index is 12.9. The number of nitrogens with zero attached hydrogens (tertiary/aromatic N) is 1. The van der Waals surface area contributed by atoms with Crippen molar-refractivity contribution >= 4 is 17.8 Å². The molecular weight excluding hydrogens is 372 g/mol. The molecule has 0 bridgehead atoms. The topological polar surface area (TPSA) is 84.9 Å². The number of para-hydroxylation sites is 1.